The van der Waals surface area contributed by atoms with Gasteiger partial charge < -0.3 is 14.2 Å². The van der Waals surface area contributed by atoms with Gasteiger partial charge in [0.25, 0.3) is 6.01 Å². The summed E-state index contributed by atoms with van der Waals surface area (Å²) in [6.07, 6.45) is 8.32. The Balaban J connectivity index is 1.71. The first-order valence-corrected chi connectivity index (χ1v) is 6.39. The van der Waals surface area contributed by atoms with Gasteiger partial charge in [-0.05, 0) is 32.1 Å². The van der Waals surface area contributed by atoms with Gasteiger partial charge in [-0.2, -0.15) is 4.98 Å². The highest BCUT2D eigenvalue weighted by molar-refractivity contribution is 5.40. The second kappa shape index (κ2) is 4.36. The van der Waals surface area contributed by atoms with Crippen LogP contribution in [0.3, 0.4) is 0 Å². The van der Waals surface area contributed by atoms with Crippen LogP contribution in [0.1, 0.15) is 32.1 Å². The first kappa shape index (κ1) is 10.00. The summed E-state index contributed by atoms with van der Waals surface area (Å²) in [5.74, 6) is 0.960. The number of rotatable bonds is 2. The molecule has 2 aliphatic rings. The van der Waals surface area contributed by atoms with E-state index < -0.39 is 0 Å². The van der Waals surface area contributed by atoms with Crippen LogP contribution in [0.2, 0.25) is 0 Å². The monoisotopic (exact) mass is 221 g/mol. The van der Waals surface area contributed by atoms with Crippen molar-refractivity contribution in [2.24, 2.45) is 0 Å². The molecule has 1 aromatic rings. The van der Waals surface area contributed by atoms with E-state index in [0.717, 1.165) is 38.1 Å². The summed E-state index contributed by atoms with van der Waals surface area (Å²) < 4.78 is 5.85. The Morgan fingerprint density at radius 3 is 2.25 bits per heavy atom. The molecule has 0 spiro atoms. The van der Waals surface area contributed by atoms with Gasteiger partial charge in [-0.1, -0.05) is 0 Å². The molecule has 4 heteroatoms. The van der Waals surface area contributed by atoms with Crippen LogP contribution in [-0.4, -0.2) is 31.2 Å². The van der Waals surface area contributed by atoms with Gasteiger partial charge in [0.05, 0.1) is 6.20 Å². The third-order valence-electron chi connectivity index (χ3n) is 3.53. The molecule has 0 atom stereocenters. The molecular weight excluding hydrogens is 202 g/mol. The third-order valence-corrected chi connectivity index (χ3v) is 3.53. The van der Waals surface area contributed by atoms with Gasteiger partial charge in [0.2, 0.25) is 5.88 Å². The number of anilines is 2. The zero-order valence-electron chi connectivity index (χ0n) is 9.69. The van der Waals surface area contributed by atoms with Gasteiger partial charge >= 0.3 is 0 Å². The zero-order valence-corrected chi connectivity index (χ0v) is 9.69. The Hall–Kier alpha value is -1.19. The molecule has 0 bridgehead atoms. The van der Waals surface area contributed by atoms with Crippen molar-refractivity contribution in [3.8, 4) is 0 Å². The highest BCUT2D eigenvalue weighted by Gasteiger charge is 2.20. The molecule has 2 aliphatic heterocycles. The number of hydrogen-bond donors (Lipinski definition) is 0. The maximum atomic E-state index is 5.85. The molecule has 2 saturated heterocycles. The lowest BCUT2D eigenvalue weighted by Gasteiger charge is -2.25. The Morgan fingerprint density at radius 2 is 1.50 bits per heavy atom. The van der Waals surface area contributed by atoms with Gasteiger partial charge in [0.1, 0.15) is 0 Å². The highest BCUT2D eigenvalue weighted by Crippen LogP contribution is 2.26. The minimum Gasteiger partial charge on any atom is -0.407 e. The predicted molar refractivity (Wildman–Crippen MR) is 64.0 cm³/mol. The first-order chi connectivity index (χ1) is 7.93. The summed E-state index contributed by atoms with van der Waals surface area (Å²) in [6, 6.07) is 0.818. The van der Waals surface area contributed by atoms with Crippen LogP contribution in [0.25, 0.3) is 0 Å². The van der Waals surface area contributed by atoms with E-state index in [9.17, 15) is 0 Å². The van der Waals surface area contributed by atoms with E-state index in [0.29, 0.717) is 0 Å². The number of hydrogen-bond acceptors (Lipinski definition) is 4. The molecule has 0 saturated carbocycles. The summed E-state index contributed by atoms with van der Waals surface area (Å²) in [5, 5.41) is 0. The zero-order chi connectivity index (χ0) is 10.8. The molecule has 0 amide bonds. The van der Waals surface area contributed by atoms with Crippen LogP contribution in [0, 0.1) is 0 Å². The lowest BCUT2D eigenvalue weighted by molar-refractivity contribution is 0.495. The predicted octanol–water partition coefficient (Wildman–Crippen LogP) is 2.27. The second-order valence-corrected chi connectivity index (χ2v) is 4.72. The van der Waals surface area contributed by atoms with Crippen LogP contribution in [0.4, 0.5) is 11.9 Å². The van der Waals surface area contributed by atoms with Gasteiger partial charge in [0, 0.05) is 26.2 Å². The number of aromatic nitrogens is 1. The Kier molecular flexibility index (Phi) is 2.72. The SMILES string of the molecule is c1nc(N2CCCC2)oc1N1CCCCC1. The van der Waals surface area contributed by atoms with Crippen molar-refractivity contribution in [1.29, 1.82) is 0 Å². The topological polar surface area (TPSA) is 32.5 Å². The van der Waals surface area contributed by atoms with Crippen LogP contribution in [0.5, 0.6) is 0 Å². The van der Waals surface area contributed by atoms with E-state index in [2.05, 4.69) is 14.8 Å². The normalized spacial score (nSPS) is 21.8. The Morgan fingerprint density at radius 1 is 0.875 bits per heavy atom. The standard InChI is InChI=1S/C12H19N3O/c1-2-6-14(7-3-1)11-10-13-12(16-11)15-8-4-5-9-15/h10H,1-9H2. The molecular formula is C12H19N3O. The van der Waals surface area contributed by atoms with Crippen molar-refractivity contribution in [3.63, 3.8) is 0 Å². The molecule has 3 rings (SSSR count). The van der Waals surface area contributed by atoms with Crippen LogP contribution in [0.15, 0.2) is 10.6 Å². The van der Waals surface area contributed by atoms with E-state index in [4.69, 9.17) is 4.42 Å². The second-order valence-electron chi connectivity index (χ2n) is 4.72. The van der Waals surface area contributed by atoms with Gasteiger partial charge in [-0.15, -0.1) is 0 Å². The average Bonchev–Trinajstić information content (AvgIpc) is 3.01. The molecule has 3 heterocycles. The average molecular weight is 221 g/mol. The molecule has 0 unspecified atom stereocenters. The Bertz CT molecular complexity index is 338. The van der Waals surface area contributed by atoms with Gasteiger partial charge in [-0.25, -0.2) is 0 Å². The fourth-order valence-electron chi connectivity index (χ4n) is 2.57. The summed E-state index contributed by atoms with van der Waals surface area (Å²) in [7, 11) is 0. The van der Waals surface area contributed by atoms with Crippen molar-refractivity contribution >= 4 is 11.9 Å². The summed E-state index contributed by atoms with van der Waals surface area (Å²) in [6.45, 7) is 4.43. The fourth-order valence-corrected chi connectivity index (χ4v) is 2.57. The molecule has 1 aromatic heterocycles. The molecule has 4 nitrogen and oxygen atoms in total. The maximum Gasteiger partial charge on any atom is 0.299 e. The fraction of sp³-hybridized carbons (Fsp3) is 0.750. The van der Waals surface area contributed by atoms with E-state index in [1.807, 2.05) is 6.20 Å². The number of piperidine rings is 1. The minimum absolute atomic E-state index is 0.818. The van der Waals surface area contributed by atoms with E-state index in [1.54, 1.807) is 0 Å². The summed E-state index contributed by atoms with van der Waals surface area (Å²) in [4.78, 5) is 8.95. The molecule has 0 N–H and O–H groups in total. The minimum atomic E-state index is 0.818. The van der Waals surface area contributed by atoms with Crippen molar-refractivity contribution in [2.45, 2.75) is 32.1 Å². The number of nitrogens with zero attached hydrogens (tertiary/aromatic N) is 3. The number of oxazole rings is 1. The summed E-state index contributed by atoms with van der Waals surface area (Å²) in [5.41, 5.74) is 0. The Labute approximate surface area is 96.2 Å². The van der Waals surface area contributed by atoms with Crippen LogP contribution < -0.4 is 9.80 Å². The van der Waals surface area contributed by atoms with Crippen molar-refractivity contribution in [2.75, 3.05) is 36.0 Å². The van der Waals surface area contributed by atoms with Crippen LogP contribution in [-0.2, 0) is 0 Å². The quantitative estimate of drug-likeness (QED) is 0.767. The van der Waals surface area contributed by atoms with E-state index in [1.165, 1.54) is 32.1 Å². The van der Waals surface area contributed by atoms with Crippen molar-refractivity contribution < 1.29 is 4.42 Å². The molecule has 88 valence electrons. The molecule has 0 radical (unpaired) electrons. The van der Waals surface area contributed by atoms with E-state index in [-0.39, 0.29) is 0 Å². The largest absolute Gasteiger partial charge is 0.407 e. The van der Waals surface area contributed by atoms with E-state index >= 15 is 0 Å². The molecule has 2 fully saturated rings. The smallest absolute Gasteiger partial charge is 0.299 e. The summed E-state index contributed by atoms with van der Waals surface area (Å²) >= 11 is 0. The highest BCUT2D eigenvalue weighted by atomic mass is 16.4. The van der Waals surface area contributed by atoms with Crippen molar-refractivity contribution in [3.05, 3.63) is 6.20 Å². The lowest BCUT2D eigenvalue weighted by Crippen LogP contribution is -2.28. The molecule has 0 aromatic carbocycles. The third kappa shape index (κ3) is 1.88. The van der Waals surface area contributed by atoms with Crippen LogP contribution >= 0.6 is 0 Å². The van der Waals surface area contributed by atoms with Gasteiger partial charge in [0.15, 0.2) is 0 Å². The van der Waals surface area contributed by atoms with Gasteiger partial charge in [-0.3, -0.25) is 0 Å². The van der Waals surface area contributed by atoms with Crippen molar-refractivity contribution in [1.82, 2.24) is 4.98 Å². The first-order valence-electron chi connectivity index (χ1n) is 6.39. The molecule has 16 heavy (non-hydrogen) atoms. The molecule has 0 aliphatic carbocycles. The lowest BCUT2D eigenvalue weighted by atomic mass is 10.1. The maximum absolute atomic E-state index is 5.85.